The molecule has 21 heavy (non-hydrogen) atoms. The molecule has 0 fully saturated rings. The predicted octanol–water partition coefficient (Wildman–Crippen LogP) is 5.58. The smallest absolute Gasteiger partial charge is 0.157 e. The molecule has 3 heteroatoms. The molecular formula is C18H38O2P+. The van der Waals surface area contributed by atoms with Crippen LogP contribution in [0.3, 0.4) is 0 Å². The van der Waals surface area contributed by atoms with Crippen LogP contribution >= 0.6 is 7.26 Å². The average Bonchev–Trinajstić information content (AvgIpc) is 2.40. The summed E-state index contributed by atoms with van der Waals surface area (Å²) in [7, 11) is -0.565. The van der Waals surface area contributed by atoms with Crippen molar-refractivity contribution >= 4 is 7.26 Å². The van der Waals surface area contributed by atoms with E-state index in [1.807, 2.05) is 13.8 Å². The Bertz CT molecular complexity index is 240. The molecule has 0 aromatic carbocycles. The third-order valence-electron chi connectivity index (χ3n) is 3.38. The Labute approximate surface area is 134 Å². The largest absolute Gasteiger partial charge is 0.353 e. The van der Waals surface area contributed by atoms with E-state index in [2.05, 4.69) is 32.1 Å². The van der Waals surface area contributed by atoms with Crippen LogP contribution in [0.1, 0.15) is 58.8 Å². The van der Waals surface area contributed by atoms with Gasteiger partial charge in [-0.05, 0) is 52.4 Å². The van der Waals surface area contributed by atoms with Crippen molar-refractivity contribution in [3.8, 4) is 0 Å². The second-order valence-corrected chi connectivity index (χ2v) is 11.6. The van der Waals surface area contributed by atoms with Gasteiger partial charge < -0.3 is 9.47 Å². The van der Waals surface area contributed by atoms with Crippen molar-refractivity contribution in [1.29, 1.82) is 0 Å². The Morgan fingerprint density at radius 2 is 1.38 bits per heavy atom. The molecule has 0 rings (SSSR count). The molecule has 0 aliphatic rings. The summed E-state index contributed by atoms with van der Waals surface area (Å²) in [6.07, 6.45) is 14.8. The number of rotatable bonds is 14. The molecule has 0 N–H and O–H groups in total. The van der Waals surface area contributed by atoms with Crippen molar-refractivity contribution in [3.63, 3.8) is 0 Å². The van der Waals surface area contributed by atoms with Gasteiger partial charge >= 0.3 is 0 Å². The number of ether oxygens (including phenoxy) is 2. The summed E-state index contributed by atoms with van der Waals surface area (Å²) in [4.78, 5) is 0. The van der Waals surface area contributed by atoms with E-state index < -0.39 is 7.26 Å². The second kappa shape index (κ2) is 13.7. The fourth-order valence-electron chi connectivity index (χ4n) is 2.26. The van der Waals surface area contributed by atoms with Gasteiger partial charge in [0.1, 0.15) is 0 Å². The molecule has 126 valence electrons. The van der Waals surface area contributed by atoms with E-state index in [0.29, 0.717) is 0 Å². The maximum Gasteiger partial charge on any atom is 0.157 e. The highest BCUT2D eigenvalue weighted by molar-refractivity contribution is 7.73. The van der Waals surface area contributed by atoms with Crippen LogP contribution in [-0.2, 0) is 9.47 Å². The number of unbranched alkanes of at least 4 members (excludes halogenated alkanes) is 4. The zero-order valence-electron chi connectivity index (χ0n) is 15.1. The van der Waals surface area contributed by atoms with Crippen molar-refractivity contribution in [1.82, 2.24) is 0 Å². The van der Waals surface area contributed by atoms with E-state index in [1.54, 1.807) is 0 Å². The minimum absolute atomic E-state index is 0.0104. The monoisotopic (exact) mass is 317 g/mol. The molecule has 0 spiro atoms. The van der Waals surface area contributed by atoms with Crippen molar-refractivity contribution in [2.24, 2.45) is 0 Å². The first kappa shape index (κ1) is 21.1. The number of allylic oxidation sites excluding steroid dienone is 2. The van der Waals surface area contributed by atoms with Crippen molar-refractivity contribution < 1.29 is 9.47 Å². The molecule has 0 aliphatic carbocycles. The highest BCUT2D eigenvalue weighted by Crippen LogP contribution is 2.47. The quantitative estimate of drug-likeness (QED) is 0.180. The highest BCUT2D eigenvalue weighted by atomic mass is 31.2. The van der Waals surface area contributed by atoms with Gasteiger partial charge in [-0.2, -0.15) is 0 Å². The van der Waals surface area contributed by atoms with Gasteiger partial charge in [-0.25, -0.2) is 0 Å². The first-order valence-electron chi connectivity index (χ1n) is 8.68. The van der Waals surface area contributed by atoms with Crippen LogP contribution in [0.25, 0.3) is 0 Å². The maximum atomic E-state index is 5.55. The summed E-state index contributed by atoms with van der Waals surface area (Å²) in [6.45, 7) is 12.8. The number of hydrogen-bond donors (Lipinski definition) is 0. The van der Waals surface area contributed by atoms with Crippen LogP contribution in [-0.4, -0.2) is 45.7 Å². The lowest BCUT2D eigenvalue weighted by molar-refractivity contribution is -0.140. The molecule has 2 nitrogen and oxygen atoms in total. The minimum Gasteiger partial charge on any atom is -0.353 e. The number of hydrogen-bond acceptors (Lipinski definition) is 2. The van der Waals surface area contributed by atoms with Crippen molar-refractivity contribution in [3.05, 3.63) is 12.2 Å². The van der Waals surface area contributed by atoms with E-state index in [9.17, 15) is 0 Å². The first-order valence-corrected chi connectivity index (χ1v) is 12.0. The molecule has 0 unspecified atom stereocenters. The zero-order chi connectivity index (χ0) is 16.0. The van der Waals surface area contributed by atoms with Gasteiger partial charge in [-0.3, -0.25) is 0 Å². The van der Waals surface area contributed by atoms with E-state index in [1.165, 1.54) is 44.7 Å². The van der Waals surface area contributed by atoms with E-state index in [-0.39, 0.29) is 6.29 Å². The molecule has 0 saturated heterocycles. The topological polar surface area (TPSA) is 18.5 Å². The summed E-state index contributed by atoms with van der Waals surface area (Å²) in [6, 6.07) is 0. The Morgan fingerprint density at radius 3 is 1.90 bits per heavy atom. The second-order valence-electron chi connectivity index (χ2n) is 6.61. The van der Waals surface area contributed by atoms with Crippen LogP contribution in [0.4, 0.5) is 0 Å². The van der Waals surface area contributed by atoms with Gasteiger partial charge in [0.05, 0.1) is 6.16 Å². The summed E-state index contributed by atoms with van der Waals surface area (Å²) in [5, 5.41) is 0. The highest BCUT2D eigenvalue weighted by Gasteiger charge is 2.14. The van der Waals surface area contributed by atoms with Crippen LogP contribution < -0.4 is 0 Å². The molecule has 0 aromatic rings. The molecule has 0 radical (unpaired) electrons. The molecule has 0 saturated carbocycles. The fourth-order valence-corrected chi connectivity index (χ4v) is 3.39. The molecule has 0 atom stereocenters. The normalized spacial score (nSPS) is 12.7. The van der Waals surface area contributed by atoms with Gasteiger partial charge in [-0.15, -0.1) is 0 Å². The van der Waals surface area contributed by atoms with Gasteiger partial charge in [0.15, 0.2) is 6.29 Å². The van der Waals surface area contributed by atoms with Gasteiger partial charge in [0.2, 0.25) is 0 Å². The van der Waals surface area contributed by atoms with Crippen LogP contribution in [0.5, 0.6) is 0 Å². The molecule has 0 heterocycles. The van der Waals surface area contributed by atoms with Gasteiger partial charge in [0, 0.05) is 40.5 Å². The Morgan fingerprint density at radius 1 is 0.810 bits per heavy atom. The standard InChI is InChI=1S/C18H38O2P/c1-6-19-18(20-7-2)16-14-12-10-8-9-11-13-15-17-21(3,4)5/h9,11,18H,6-8,10,12-17H2,1-5H3/q+1/b11-9-. The van der Waals surface area contributed by atoms with E-state index in [0.717, 1.165) is 19.6 Å². The SMILES string of the molecule is CCOC(CCCCC/C=C\CCC[P+](C)(C)C)OCC. The van der Waals surface area contributed by atoms with E-state index in [4.69, 9.17) is 9.47 Å². The summed E-state index contributed by atoms with van der Waals surface area (Å²) < 4.78 is 11.1. The predicted molar refractivity (Wildman–Crippen MR) is 98.1 cm³/mol. The molecule has 0 bridgehead atoms. The van der Waals surface area contributed by atoms with Crippen LogP contribution in [0.15, 0.2) is 12.2 Å². The third-order valence-corrected chi connectivity index (χ3v) is 5.04. The lowest BCUT2D eigenvalue weighted by atomic mass is 10.1. The lowest BCUT2D eigenvalue weighted by Gasteiger charge is -2.16. The lowest BCUT2D eigenvalue weighted by Crippen LogP contribution is -2.17. The molecular weight excluding hydrogens is 279 g/mol. The van der Waals surface area contributed by atoms with Crippen molar-refractivity contribution in [2.75, 3.05) is 39.4 Å². The molecule has 0 aliphatic heterocycles. The average molecular weight is 317 g/mol. The van der Waals surface area contributed by atoms with Crippen LogP contribution in [0.2, 0.25) is 0 Å². The van der Waals surface area contributed by atoms with Gasteiger partial charge in [0.25, 0.3) is 0 Å². The zero-order valence-corrected chi connectivity index (χ0v) is 16.0. The Hall–Kier alpha value is 0.0900. The van der Waals surface area contributed by atoms with Crippen molar-refractivity contribution in [2.45, 2.75) is 65.1 Å². The van der Waals surface area contributed by atoms with Gasteiger partial charge in [-0.1, -0.05) is 18.6 Å². The summed E-state index contributed by atoms with van der Waals surface area (Å²) in [5.74, 6) is 0. The maximum absolute atomic E-state index is 5.55. The van der Waals surface area contributed by atoms with Crippen LogP contribution in [0, 0.1) is 0 Å². The third kappa shape index (κ3) is 16.3. The molecule has 0 amide bonds. The Kier molecular flexibility index (Phi) is 13.8. The molecule has 0 aromatic heterocycles. The first-order chi connectivity index (χ1) is 9.99. The fraction of sp³-hybridized carbons (Fsp3) is 0.889. The van der Waals surface area contributed by atoms with E-state index >= 15 is 0 Å². The Balaban J connectivity index is 3.42. The summed E-state index contributed by atoms with van der Waals surface area (Å²) >= 11 is 0. The summed E-state index contributed by atoms with van der Waals surface area (Å²) in [5.41, 5.74) is 0. The minimum atomic E-state index is -0.565.